The van der Waals surface area contributed by atoms with Crippen molar-refractivity contribution in [2.24, 2.45) is 0 Å². The van der Waals surface area contributed by atoms with Gasteiger partial charge in [-0.25, -0.2) is 0 Å². The summed E-state index contributed by atoms with van der Waals surface area (Å²) in [5, 5.41) is 4.50. The topological polar surface area (TPSA) is 34.9 Å². The lowest BCUT2D eigenvalue weighted by molar-refractivity contribution is 0.110. The normalized spacial score (nSPS) is 17.1. The minimum Gasteiger partial charge on any atom is -0.296 e. The first-order chi connectivity index (χ1) is 6.52. The van der Waals surface area contributed by atoms with Crippen molar-refractivity contribution < 1.29 is 4.79 Å². The molecule has 1 heterocycles. The predicted molar refractivity (Wildman–Crippen MR) is 54.6 cm³/mol. The van der Waals surface area contributed by atoms with Crippen LogP contribution in [0.25, 0.3) is 0 Å². The zero-order chi connectivity index (χ0) is 10.3. The highest BCUT2D eigenvalue weighted by Gasteiger charge is 2.29. The third kappa shape index (κ3) is 1.59. The molecule has 0 atom stereocenters. The lowest BCUT2D eigenvalue weighted by atomic mass is 10.1. The van der Waals surface area contributed by atoms with Crippen LogP contribution in [-0.4, -0.2) is 16.1 Å². The van der Waals surface area contributed by atoms with Gasteiger partial charge in [-0.05, 0) is 39.7 Å². The van der Waals surface area contributed by atoms with Gasteiger partial charge in [-0.3, -0.25) is 9.48 Å². The lowest BCUT2D eigenvalue weighted by Gasteiger charge is -2.20. The number of nitrogens with zero attached hydrogens (tertiary/aromatic N) is 2. The Morgan fingerprint density at radius 3 is 2.50 bits per heavy atom. The van der Waals surface area contributed by atoms with E-state index < -0.39 is 0 Å². The Bertz CT molecular complexity index is 356. The maximum atomic E-state index is 10.9. The summed E-state index contributed by atoms with van der Waals surface area (Å²) in [6.45, 7) is 6.18. The number of hydrogen-bond donors (Lipinski definition) is 0. The molecule has 0 aliphatic heterocycles. The molecule has 3 nitrogen and oxygen atoms in total. The van der Waals surface area contributed by atoms with E-state index in [9.17, 15) is 4.79 Å². The first kappa shape index (κ1) is 9.44. The maximum Gasteiger partial charge on any atom is 0.168 e. The van der Waals surface area contributed by atoms with E-state index in [0.29, 0.717) is 11.6 Å². The summed E-state index contributed by atoms with van der Waals surface area (Å²) in [7, 11) is 0. The molecule has 0 N–H and O–H groups in total. The van der Waals surface area contributed by atoms with Crippen molar-refractivity contribution in [3.05, 3.63) is 17.5 Å². The van der Waals surface area contributed by atoms with E-state index in [-0.39, 0.29) is 5.54 Å². The van der Waals surface area contributed by atoms with Crippen LogP contribution in [0.15, 0.2) is 6.07 Å². The fourth-order valence-corrected chi connectivity index (χ4v) is 1.61. The van der Waals surface area contributed by atoms with Crippen molar-refractivity contribution in [3.8, 4) is 0 Å². The molecular formula is C11H16N2O. The van der Waals surface area contributed by atoms with Gasteiger partial charge in [-0.1, -0.05) is 0 Å². The van der Waals surface area contributed by atoms with E-state index >= 15 is 0 Å². The van der Waals surface area contributed by atoms with Crippen LogP contribution in [0.4, 0.5) is 0 Å². The highest BCUT2D eigenvalue weighted by Crippen LogP contribution is 2.39. The molecule has 76 valence electrons. The molecule has 0 aromatic carbocycles. The molecule has 0 radical (unpaired) electrons. The Morgan fingerprint density at radius 2 is 2.14 bits per heavy atom. The van der Waals surface area contributed by atoms with E-state index in [0.717, 1.165) is 12.0 Å². The molecule has 0 amide bonds. The molecule has 2 rings (SSSR count). The predicted octanol–water partition coefficient (Wildman–Crippen LogP) is 2.33. The minimum atomic E-state index is -0.108. The summed E-state index contributed by atoms with van der Waals surface area (Å²) in [5.74, 6) is 0.609. The second kappa shape index (κ2) is 2.94. The molecular weight excluding hydrogens is 176 g/mol. The minimum absolute atomic E-state index is 0.108. The van der Waals surface area contributed by atoms with Crippen molar-refractivity contribution in [1.29, 1.82) is 0 Å². The standard InChI is InChI=1S/C11H16N2O/c1-11(2,3)13-9(7-14)6-10(12-13)8-4-5-8/h6-8H,4-5H2,1-3H3. The van der Waals surface area contributed by atoms with E-state index in [1.54, 1.807) is 0 Å². The van der Waals surface area contributed by atoms with Crippen molar-refractivity contribution in [2.75, 3.05) is 0 Å². The molecule has 1 saturated carbocycles. The molecule has 1 aromatic heterocycles. The summed E-state index contributed by atoms with van der Waals surface area (Å²) < 4.78 is 1.83. The van der Waals surface area contributed by atoms with Gasteiger partial charge in [0.1, 0.15) is 5.69 Å². The Hall–Kier alpha value is -1.12. The Labute approximate surface area is 84.1 Å². The van der Waals surface area contributed by atoms with Crippen LogP contribution in [0.2, 0.25) is 0 Å². The lowest BCUT2D eigenvalue weighted by Crippen LogP contribution is -2.25. The van der Waals surface area contributed by atoms with E-state index in [1.807, 2.05) is 10.7 Å². The first-order valence-corrected chi connectivity index (χ1v) is 5.08. The summed E-state index contributed by atoms with van der Waals surface area (Å²) in [5.41, 5.74) is 1.67. The smallest absolute Gasteiger partial charge is 0.168 e. The van der Waals surface area contributed by atoms with Gasteiger partial charge in [-0.2, -0.15) is 5.10 Å². The van der Waals surface area contributed by atoms with E-state index in [4.69, 9.17) is 0 Å². The molecule has 0 spiro atoms. The fraction of sp³-hybridized carbons (Fsp3) is 0.636. The number of carbonyl (C=O) groups excluding carboxylic acids is 1. The second-order valence-electron chi connectivity index (χ2n) is 4.97. The molecule has 0 unspecified atom stereocenters. The molecule has 1 aliphatic rings. The highest BCUT2D eigenvalue weighted by molar-refractivity contribution is 5.72. The van der Waals surface area contributed by atoms with Crippen LogP contribution in [0.3, 0.4) is 0 Å². The first-order valence-electron chi connectivity index (χ1n) is 5.08. The largest absolute Gasteiger partial charge is 0.296 e. The summed E-state index contributed by atoms with van der Waals surface area (Å²) in [4.78, 5) is 10.9. The Morgan fingerprint density at radius 1 is 1.50 bits per heavy atom. The number of aldehydes is 1. The quantitative estimate of drug-likeness (QED) is 0.674. The number of aromatic nitrogens is 2. The van der Waals surface area contributed by atoms with E-state index in [2.05, 4.69) is 25.9 Å². The van der Waals surface area contributed by atoms with Gasteiger partial charge >= 0.3 is 0 Å². The molecule has 1 aromatic rings. The van der Waals surface area contributed by atoms with Crippen LogP contribution in [-0.2, 0) is 5.54 Å². The zero-order valence-electron chi connectivity index (χ0n) is 8.95. The summed E-state index contributed by atoms with van der Waals surface area (Å²) in [6.07, 6.45) is 3.34. The van der Waals surface area contributed by atoms with Crippen molar-refractivity contribution in [1.82, 2.24) is 9.78 Å². The van der Waals surface area contributed by atoms with E-state index in [1.165, 1.54) is 12.8 Å². The van der Waals surface area contributed by atoms with Gasteiger partial charge in [0, 0.05) is 5.92 Å². The summed E-state index contributed by atoms with van der Waals surface area (Å²) in [6, 6.07) is 1.93. The SMILES string of the molecule is CC(C)(C)n1nc(C2CC2)cc1C=O. The number of carbonyl (C=O) groups is 1. The number of hydrogen-bond acceptors (Lipinski definition) is 2. The highest BCUT2D eigenvalue weighted by atomic mass is 16.1. The molecule has 14 heavy (non-hydrogen) atoms. The summed E-state index contributed by atoms with van der Waals surface area (Å²) >= 11 is 0. The van der Waals surface area contributed by atoms with Gasteiger partial charge in [0.25, 0.3) is 0 Å². The third-order valence-electron chi connectivity index (χ3n) is 2.51. The molecule has 1 aliphatic carbocycles. The van der Waals surface area contributed by atoms with Crippen LogP contribution in [0.5, 0.6) is 0 Å². The monoisotopic (exact) mass is 192 g/mol. The van der Waals surface area contributed by atoms with Crippen LogP contribution in [0, 0.1) is 0 Å². The Balaban J connectivity index is 2.41. The van der Waals surface area contributed by atoms with Crippen molar-refractivity contribution in [3.63, 3.8) is 0 Å². The molecule has 3 heteroatoms. The van der Waals surface area contributed by atoms with Gasteiger partial charge in [0.15, 0.2) is 6.29 Å². The van der Waals surface area contributed by atoms with Gasteiger partial charge in [-0.15, -0.1) is 0 Å². The van der Waals surface area contributed by atoms with Crippen molar-refractivity contribution >= 4 is 6.29 Å². The Kier molecular flexibility index (Phi) is 1.98. The molecule has 0 bridgehead atoms. The van der Waals surface area contributed by atoms with Gasteiger partial charge in [0.2, 0.25) is 0 Å². The molecule has 1 fully saturated rings. The third-order valence-corrected chi connectivity index (χ3v) is 2.51. The maximum absolute atomic E-state index is 10.9. The van der Waals surface area contributed by atoms with Crippen molar-refractivity contribution in [2.45, 2.75) is 45.1 Å². The molecule has 0 saturated heterocycles. The average Bonchev–Trinajstić information content (AvgIpc) is 2.83. The second-order valence-corrected chi connectivity index (χ2v) is 4.97. The van der Waals surface area contributed by atoms with Gasteiger partial charge < -0.3 is 0 Å². The van der Waals surface area contributed by atoms with Crippen LogP contribution < -0.4 is 0 Å². The van der Waals surface area contributed by atoms with Crippen LogP contribution >= 0.6 is 0 Å². The average molecular weight is 192 g/mol. The number of rotatable bonds is 2. The van der Waals surface area contributed by atoms with Gasteiger partial charge in [0.05, 0.1) is 11.2 Å². The zero-order valence-corrected chi connectivity index (χ0v) is 8.95. The fourth-order valence-electron chi connectivity index (χ4n) is 1.61. The van der Waals surface area contributed by atoms with Crippen LogP contribution in [0.1, 0.15) is 55.7 Å².